The van der Waals surface area contributed by atoms with E-state index in [0.29, 0.717) is 6.42 Å². The van der Waals surface area contributed by atoms with E-state index < -0.39 is 5.97 Å². The summed E-state index contributed by atoms with van der Waals surface area (Å²) >= 11 is 0. The lowest BCUT2D eigenvalue weighted by atomic mass is 10.1. The van der Waals surface area contributed by atoms with E-state index in [1.165, 1.54) is 12.1 Å². The molecule has 0 amide bonds. The first-order valence-electron chi connectivity index (χ1n) is 5.59. The van der Waals surface area contributed by atoms with Gasteiger partial charge < -0.3 is 5.11 Å². The average Bonchev–Trinajstić information content (AvgIpc) is 2.69. The molecule has 1 aromatic heterocycles. The Bertz CT molecular complexity index is 561. The van der Waals surface area contributed by atoms with Gasteiger partial charge in [0.05, 0.1) is 11.4 Å². The van der Waals surface area contributed by atoms with Gasteiger partial charge in [0.25, 0.3) is 0 Å². The number of hydrogen-bond acceptors (Lipinski definition) is 2. The van der Waals surface area contributed by atoms with E-state index in [1.54, 1.807) is 23.0 Å². The number of benzene rings is 1. The number of aliphatic carboxylic acids is 1. The third-order valence-corrected chi connectivity index (χ3v) is 2.70. The van der Waals surface area contributed by atoms with Crippen molar-refractivity contribution in [3.05, 3.63) is 47.5 Å². The van der Waals surface area contributed by atoms with Crippen LogP contribution in [0.25, 0.3) is 5.69 Å². The number of nitrogens with zero attached hydrogens (tertiary/aromatic N) is 2. The molecule has 1 N–H and O–H groups in total. The highest BCUT2D eigenvalue weighted by Gasteiger charge is 2.08. The van der Waals surface area contributed by atoms with Crippen molar-refractivity contribution in [2.45, 2.75) is 19.8 Å². The Morgan fingerprint density at radius 3 is 2.67 bits per heavy atom. The van der Waals surface area contributed by atoms with Gasteiger partial charge in [-0.3, -0.25) is 4.79 Å². The molecule has 0 saturated heterocycles. The molecule has 0 saturated carbocycles. The molecule has 0 aliphatic rings. The number of carboxylic acid groups (broad SMARTS) is 1. The second-order valence-corrected chi connectivity index (χ2v) is 4.05. The lowest BCUT2D eigenvalue weighted by molar-refractivity contribution is -0.136. The number of halogens is 1. The Balaban J connectivity index is 2.22. The summed E-state index contributed by atoms with van der Waals surface area (Å²) in [4.78, 5) is 10.5. The summed E-state index contributed by atoms with van der Waals surface area (Å²) in [5.41, 5.74) is 2.43. The fraction of sp³-hybridized carbons (Fsp3) is 0.231. The highest BCUT2D eigenvalue weighted by atomic mass is 19.1. The molecule has 5 heteroatoms. The van der Waals surface area contributed by atoms with E-state index in [0.717, 1.165) is 16.9 Å². The van der Waals surface area contributed by atoms with Crippen molar-refractivity contribution in [3.63, 3.8) is 0 Å². The molecule has 0 spiro atoms. The second-order valence-electron chi connectivity index (χ2n) is 4.05. The topological polar surface area (TPSA) is 55.1 Å². The Labute approximate surface area is 104 Å². The molecule has 2 rings (SSSR count). The van der Waals surface area contributed by atoms with E-state index in [1.807, 2.05) is 6.92 Å². The smallest absolute Gasteiger partial charge is 0.303 e. The van der Waals surface area contributed by atoms with Gasteiger partial charge in [0.1, 0.15) is 5.82 Å². The van der Waals surface area contributed by atoms with Crippen molar-refractivity contribution in [2.75, 3.05) is 0 Å². The van der Waals surface area contributed by atoms with E-state index >= 15 is 0 Å². The number of carboxylic acids is 1. The number of aryl methyl sites for hydroxylation is 2. The molecule has 0 unspecified atom stereocenters. The summed E-state index contributed by atoms with van der Waals surface area (Å²) in [5, 5.41) is 12.9. The molecule has 0 aliphatic carbocycles. The van der Waals surface area contributed by atoms with E-state index in [2.05, 4.69) is 5.10 Å². The Hall–Kier alpha value is -2.17. The van der Waals surface area contributed by atoms with Crippen molar-refractivity contribution < 1.29 is 14.3 Å². The zero-order valence-corrected chi connectivity index (χ0v) is 9.93. The minimum Gasteiger partial charge on any atom is -0.481 e. The number of hydrogen-bond donors (Lipinski definition) is 1. The van der Waals surface area contributed by atoms with E-state index in [4.69, 9.17) is 5.11 Å². The maximum atomic E-state index is 12.8. The zero-order valence-electron chi connectivity index (χ0n) is 9.93. The van der Waals surface area contributed by atoms with Gasteiger partial charge in [-0.05, 0) is 43.2 Å². The van der Waals surface area contributed by atoms with Crippen LogP contribution in [-0.4, -0.2) is 20.9 Å². The largest absolute Gasteiger partial charge is 0.481 e. The van der Waals surface area contributed by atoms with Gasteiger partial charge >= 0.3 is 5.97 Å². The van der Waals surface area contributed by atoms with E-state index in [-0.39, 0.29) is 12.2 Å². The van der Waals surface area contributed by atoms with Crippen molar-refractivity contribution in [3.8, 4) is 5.69 Å². The minimum atomic E-state index is -0.830. The fourth-order valence-corrected chi connectivity index (χ4v) is 1.71. The highest BCUT2D eigenvalue weighted by molar-refractivity contribution is 5.67. The highest BCUT2D eigenvalue weighted by Crippen LogP contribution is 2.14. The van der Waals surface area contributed by atoms with Gasteiger partial charge in [0.2, 0.25) is 0 Å². The van der Waals surface area contributed by atoms with Crippen LogP contribution in [0.15, 0.2) is 30.5 Å². The van der Waals surface area contributed by atoms with Crippen LogP contribution >= 0.6 is 0 Å². The quantitative estimate of drug-likeness (QED) is 0.903. The van der Waals surface area contributed by atoms with E-state index in [9.17, 15) is 9.18 Å². The lowest BCUT2D eigenvalue weighted by Gasteiger charge is -1.99. The summed E-state index contributed by atoms with van der Waals surface area (Å²) in [6.07, 6.45) is 2.31. The minimum absolute atomic E-state index is 0.0793. The molecule has 4 nitrogen and oxygen atoms in total. The summed E-state index contributed by atoms with van der Waals surface area (Å²) in [5.74, 6) is -1.13. The molecule has 0 bridgehead atoms. The molecule has 2 aromatic rings. The summed E-state index contributed by atoms with van der Waals surface area (Å²) in [6.45, 7) is 1.83. The predicted octanol–water partition coefficient (Wildman–Crippen LogP) is 2.34. The normalized spacial score (nSPS) is 10.6. The molecule has 0 fully saturated rings. The van der Waals surface area contributed by atoms with Crippen molar-refractivity contribution >= 4 is 5.97 Å². The van der Waals surface area contributed by atoms with Crippen molar-refractivity contribution in [1.82, 2.24) is 9.78 Å². The summed E-state index contributed by atoms with van der Waals surface area (Å²) in [7, 11) is 0. The third-order valence-electron chi connectivity index (χ3n) is 2.70. The van der Waals surface area contributed by atoms with Crippen LogP contribution in [-0.2, 0) is 11.2 Å². The fourth-order valence-electron chi connectivity index (χ4n) is 1.71. The summed E-state index contributed by atoms with van der Waals surface area (Å²) < 4.78 is 14.4. The summed E-state index contributed by atoms with van der Waals surface area (Å²) in [6, 6.07) is 5.98. The molecule has 0 atom stereocenters. The zero-order chi connectivity index (χ0) is 13.1. The first kappa shape index (κ1) is 12.3. The van der Waals surface area contributed by atoms with Gasteiger partial charge in [-0.25, -0.2) is 9.07 Å². The van der Waals surface area contributed by atoms with Crippen molar-refractivity contribution in [2.24, 2.45) is 0 Å². The molecule has 1 heterocycles. The van der Waals surface area contributed by atoms with Crippen LogP contribution in [0, 0.1) is 12.7 Å². The van der Waals surface area contributed by atoms with Crippen LogP contribution < -0.4 is 0 Å². The average molecular weight is 248 g/mol. The third kappa shape index (κ3) is 2.74. The molecule has 18 heavy (non-hydrogen) atoms. The predicted molar refractivity (Wildman–Crippen MR) is 64.2 cm³/mol. The second kappa shape index (κ2) is 5.00. The first-order chi connectivity index (χ1) is 8.56. The number of aromatic nitrogens is 2. The van der Waals surface area contributed by atoms with Crippen LogP contribution in [0.5, 0.6) is 0 Å². The van der Waals surface area contributed by atoms with Gasteiger partial charge in [0, 0.05) is 12.6 Å². The molecule has 0 aliphatic heterocycles. The number of carbonyl (C=O) groups is 1. The Morgan fingerprint density at radius 2 is 2.06 bits per heavy atom. The molecular formula is C13H13FN2O2. The molecule has 94 valence electrons. The monoisotopic (exact) mass is 248 g/mol. The van der Waals surface area contributed by atoms with Crippen LogP contribution in [0.4, 0.5) is 4.39 Å². The van der Waals surface area contributed by atoms with Gasteiger partial charge in [-0.2, -0.15) is 5.10 Å². The maximum Gasteiger partial charge on any atom is 0.303 e. The molecule has 1 aromatic carbocycles. The SMILES string of the molecule is Cc1nn(-c2ccc(F)cc2)cc1CCC(=O)O. The molecule has 0 radical (unpaired) electrons. The standard InChI is InChI=1S/C13H13FN2O2/c1-9-10(2-7-13(17)18)8-16(15-9)12-5-3-11(14)4-6-12/h3-6,8H,2,7H2,1H3,(H,17,18). The molecular weight excluding hydrogens is 235 g/mol. The van der Waals surface area contributed by atoms with Crippen molar-refractivity contribution in [1.29, 1.82) is 0 Å². The lowest BCUT2D eigenvalue weighted by Crippen LogP contribution is -1.97. The van der Waals surface area contributed by atoms with Crippen LogP contribution in [0.2, 0.25) is 0 Å². The Morgan fingerprint density at radius 1 is 1.39 bits per heavy atom. The van der Waals surface area contributed by atoms with Crippen LogP contribution in [0.3, 0.4) is 0 Å². The first-order valence-corrected chi connectivity index (χ1v) is 5.59. The van der Waals surface area contributed by atoms with Gasteiger partial charge in [-0.1, -0.05) is 0 Å². The Kier molecular flexibility index (Phi) is 3.41. The van der Waals surface area contributed by atoms with Gasteiger partial charge in [-0.15, -0.1) is 0 Å². The van der Waals surface area contributed by atoms with Crippen LogP contribution in [0.1, 0.15) is 17.7 Å². The van der Waals surface area contributed by atoms with Gasteiger partial charge in [0.15, 0.2) is 0 Å². The maximum absolute atomic E-state index is 12.8. The number of rotatable bonds is 4.